The lowest BCUT2D eigenvalue weighted by Crippen LogP contribution is -2.49. The van der Waals surface area contributed by atoms with E-state index < -0.39 is 5.91 Å². The van der Waals surface area contributed by atoms with Gasteiger partial charge in [0, 0.05) is 53.5 Å². The largest absolute Gasteiger partial charge is 0.379 e. The lowest BCUT2D eigenvalue weighted by atomic mass is 10.0. The van der Waals surface area contributed by atoms with Gasteiger partial charge in [0.05, 0.1) is 11.3 Å². The van der Waals surface area contributed by atoms with Crippen molar-refractivity contribution in [1.29, 1.82) is 0 Å². The molecule has 1 aliphatic rings. The Hall–Kier alpha value is -2.97. The predicted octanol–water partition coefficient (Wildman–Crippen LogP) is 3.75. The van der Waals surface area contributed by atoms with E-state index >= 15 is 0 Å². The van der Waals surface area contributed by atoms with Crippen molar-refractivity contribution in [2.75, 3.05) is 18.4 Å². The first kappa shape index (κ1) is 21.3. The number of likely N-dealkylation sites (tertiary alicyclic amines) is 1. The highest BCUT2D eigenvalue weighted by Gasteiger charge is 2.25. The third-order valence-electron chi connectivity index (χ3n) is 5.28. The van der Waals surface area contributed by atoms with Gasteiger partial charge < -0.3 is 26.3 Å². The number of primary amides is 1. The smallest absolute Gasteiger partial charge is 0.317 e. The first-order valence-corrected chi connectivity index (χ1v) is 10.7. The number of aromatic nitrogens is 2. The number of carbonyl (C=O) groups excluding carboxylic acids is 2. The zero-order valence-electron chi connectivity index (χ0n) is 16.6. The van der Waals surface area contributed by atoms with Crippen LogP contribution in [0, 0.1) is 0 Å². The normalized spacial score (nSPS) is 16.3. The molecular formula is C21H22Cl2N6O2. The molecule has 1 fully saturated rings. The Kier molecular flexibility index (Phi) is 6.20. The Labute approximate surface area is 189 Å². The summed E-state index contributed by atoms with van der Waals surface area (Å²) >= 11 is 12.0. The van der Waals surface area contributed by atoms with Crippen LogP contribution in [-0.2, 0) is 6.54 Å². The second-order valence-electron chi connectivity index (χ2n) is 7.52. The molecule has 3 amide bonds. The van der Waals surface area contributed by atoms with Gasteiger partial charge in [-0.2, -0.15) is 0 Å². The lowest BCUT2D eigenvalue weighted by molar-refractivity contribution is 0.100. The number of urea groups is 1. The maximum absolute atomic E-state index is 12.7. The van der Waals surface area contributed by atoms with Crippen LogP contribution in [0.15, 0.2) is 36.7 Å². The Morgan fingerprint density at radius 3 is 2.77 bits per heavy atom. The van der Waals surface area contributed by atoms with E-state index in [-0.39, 0.29) is 12.1 Å². The first-order valence-electron chi connectivity index (χ1n) is 9.91. The zero-order valence-corrected chi connectivity index (χ0v) is 18.1. The van der Waals surface area contributed by atoms with Crippen molar-refractivity contribution in [3.8, 4) is 0 Å². The Bertz CT molecular complexity index is 1110. The van der Waals surface area contributed by atoms with Crippen LogP contribution in [-0.4, -0.2) is 45.9 Å². The van der Waals surface area contributed by atoms with Crippen LogP contribution in [0.25, 0.3) is 11.0 Å². The van der Waals surface area contributed by atoms with Crippen LogP contribution in [0.4, 0.5) is 10.5 Å². The molecule has 10 heteroatoms. The van der Waals surface area contributed by atoms with E-state index in [0.717, 1.165) is 23.8 Å². The molecule has 3 heterocycles. The highest BCUT2D eigenvalue weighted by Crippen LogP contribution is 2.27. The van der Waals surface area contributed by atoms with Crippen LogP contribution >= 0.6 is 23.2 Å². The molecule has 31 heavy (non-hydrogen) atoms. The molecule has 4 rings (SSSR count). The van der Waals surface area contributed by atoms with Gasteiger partial charge in [0.15, 0.2) is 0 Å². The van der Waals surface area contributed by atoms with Gasteiger partial charge in [-0.1, -0.05) is 23.2 Å². The summed E-state index contributed by atoms with van der Waals surface area (Å²) in [6.07, 6.45) is 4.92. The Balaban J connectivity index is 1.44. The molecule has 2 aromatic heterocycles. The average molecular weight is 461 g/mol. The molecule has 0 aliphatic carbocycles. The van der Waals surface area contributed by atoms with Gasteiger partial charge in [0.1, 0.15) is 5.65 Å². The number of hydrogen-bond donors (Lipinski definition) is 4. The highest BCUT2D eigenvalue weighted by molar-refractivity contribution is 6.34. The van der Waals surface area contributed by atoms with Crippen LogP contribution in [0.5, 0.6) is 0 Å². The number of fused-ring (bicyclic) bond motifs is 1. The van der Waals surface area contributed by atoms with Crippen LogP contribution in [0.3, 0.4) is 0 Å². The average Bonchev–Trinajstić information content (AvgIpc) is 3.21. The molecule has 0 spiro atoms. The third-order valence-corrected chi connectivity index (χ3v) is 5.71. The molecular weight excluding hydrogens is 439 g/mol. The number of benzene rings is 1. The quantitative estimate of drug-likeness (QED) is 0.463. The number of carbonyl (C=O) groups is 2. The van der Waals surface area contributed by atoms with E-state index in [2.05, 4.69) is 20.6 Å². The van der Waals surface area contributed by atoms with E-state index in [1.165, 1.54) is 6.20 Å². The highest BCUT2D eigenvalue weighted by atomic mass is 35.5. The Morgan fingerprint density at radius 1 is 1.26 bits per heavy atom. The monoisotopic (exact) mass is 460 g/mol. The van der Waals surface area contributed by atoms with Crippen LogP contribution in [0.1, 0.15) is 28.8 Å². The summed E-state index contributed by atoms with van der Waals surface area (Å²) in [5.41, 5.74) is 8.01. The summed E-state index contributed by atoms with van der Waals surface area (Å²) in [6.45, 7) is 1.47. The molecule has 0 saturated carbocycles. The van der Waals surface area contributed by atoms with Gasteiger partial charge in [-0.05, 0) is 42.7 Å². The fourth-order valence-electron chi connectivity index (χ4n) is 3.84. The van der Waals surface area contributed by atoms with Gasteiger partial charge >= 0.3 is 6.03 Å². The van der Waals surface area contributed by atoms with E-state index in [0.29, 0.717) is 46.6 Å². The first-order chi connectivity index (χ1) is 14.9. The van der Waals surface area contributed by atoms with Crippen molar-refractivity contribution >= 4 is 51.9 Å². The van der Waals surface area contributed by atoms with E-state index in [9.17, 15) is 9.59 Å². The molecule has 3 aromatic rings. The topological polar surface area (TPSA) is 116 Å². The summed E-state index contributed by atoms with van der Waals surface area (Å²) in [7, 11) is 0. The van der Waals surface area contributed by atoms with Crippen LogP contribution in [0.2, 0.25) is 10.0 Å². The Morgan fingerprint density at radius 2 is 2.03 bits per heavy atom. The van der Waals surface area contributed by atoms with Gasteiger partial charge in [0.2, 0.25) is 0 Å². The molecule has 0 radical (unpaired) electrons. The minimum atomic E-state index is -0.552. The minimum absolute atomic E-state index is 0.0290. The number of amides is 3. The minimum Gasteiger partial charge on any atom is -0.379 e. The maximum atomic E-state index is 12.7. The molecule has 8 nitrogen and oxygen atoms in total. The fourth-order valence-corrected chi connectivity index (χ4v) is 4.41. The molecule has 0 bridgehead atoms. The van der Waals surface area contributed by atoms with Crippen molar-refractivity contribution in [2.45, 2.75) is 25.4 Å². The third kappa shape index (κ3) is 4.86. The number of pyridine rings is 1. The number of nitrogens with zero attached hydrogens (tertiary/aromatic N) is 2. The fraction of sp³-hybridized carbons (Fsp3) is 0.286. The number of anilines is 1. The number of rotatable bonds is 5. The summed E-state index contributed by atoms with van der Waals surface area (Å²) in [4.78, 5) is 33.7. The van der Waals surface area contributed by atoms with Crippen molar-refractivity contribution < 1.29 is 9.59 Å². The number of nitrogens with one attached hydrogen (secondary N) is 3. The van der Waals surface area contributed by atoms with E-state index in [4.69, 9.17) is 28.9 Å². The predicted molar refractivity (Wildman–Crippen MR) is 122 cm³/mol. The van der Waals surface area contributed by atoms with Crippen molar-refractivity contribution in [2.24, 2.45) is 5.73 Å². The van der Waals surface area contributed by atoms with Crippen molar-refractivity contribution in [1.82, 2.24) is 20.2 Å². The molecule has 1 unspecified atom stereocenters. The number of nitrogens with two attached hydrogens (primary N) is 1. The molecule has 1 atom stereocenters. The van der Waals surface area contributed by atoms with Crippen molar-refractivity contribution in [3.63, 3.8) is 0 Å². The molecule has 162 valence electrons. The number of piperidine rings is 1. The summed E-state index contributed by atoms with van der Waals surface area (Å²) in [6, 6.07) is 6.84. The number of halogens is 2. The molecule has 1 aromatic carbocycles. The number of aromatic amines is 1. The second-order valence-corrected chi connectivity index (χ2v) is 8.39. The molecule has 5 N–H and O–H groups in total. The van der Waals surface area contributed by atoms with Crippen molar-refractivity contribution in [3.05, 3.63) is 57.8 Å². The maximum Gasteiger partial charge on any atom is 0.317 e. The standard InChI is InChI=1S/C21H22Cl2N6O2/c22-13-6-12(7-14(23)8-13)9-27-21(31)29-5-1-2-15(11-29)28-18-16-3-4-25-20(16)26-10-17(18)19(24)30/h3-4,6-8,10,15H,1-2,5,9,11H2,(H2,24,30)(H,27,31)(H2,25,26,28). The zero-order chi connectivity index (χ0) is 22.0. The van der Waals surface area contributed by atoms with Gasteiger partial charge in [-0.15, -0.1) is 0 Å². The molecule has 1 aliphatic heterocycles. The van der Waals surface area contributed by atoms with Gasteiger partial charge in [-0.25, -0.2) is 9.78 Å². The number of H-pyrrole nitrogens is 1. The second kappa shape index (κ2) is 9.03. The SMILES string of the molecule is NC(=O)c1cnc2[nH]ccc2c1NC1CCCN(C(=O)NCc2cc(Cl)cc(Cl)c2)C1. The van der Waals surface area contributed by atoms with E-state index in [1.807, 2.05) is 6.07 Å². The van der Waals surface area contributed by atoms with E-state index in [1.54, 1.807) is 29.3 Å². The summed E-state index contributed by atoms with van der Waals surface area (Å²) in [5, 5.41) is 8.17. The summed E-state index contributed by atoms with van der Waals surface area (Å²) in [5.74, 6) is -0.552. The van der Waals surface area contributed by atoms with Crippen LogP contribution < -0.4 is 16.4 Å². The summed E-state index contributed by atoms with van der Waals surface area (Å²) < 4.78 is 0. The van der Waals surface area contributed by atoms with Gasteiger partial charge in [-0.3, -0.25) is 4.79 Å². The molecule has 1 saturated heterocycles. The number of hydrogen-bond acceptors (Lipinski definition) is 4. The lowest BCUT2D eigenvalue weighted by Gasteiger charge is -2.34. The van der Waals surface area contributed by atoms with Gasteiger partial charge in [0.25, 0.3) is 5.91 Å².